The van der Waals surface area contributed by atoms with Crippen molar-refractivity contribution in [2.24, 2.45) is 0 Å². The molecule has 0 aliphatic heterocycles. The molecule has 2 aromatic carbocycles. The molecule has 0 radical (unpaired) electrons. The van der Waals surface area contributed by atoms with Gasteiger partial charge in [-0.2, -0.15) is 5.10 Å². The topological polar surface area (TPSA) is 79.1 Å². The molecule has 0 aliphatic carbocycles. The molecule has 2 heterocycles. The average molecular weight is 450 g/mol. The van der Waals surface area contributed by atoms with Crippen LogP contribution in [0.15, 0.2) is 71.9 Å². The third-order valence-corrected chi connectivity index (χ3v) is 4.73. The molecule has 9 heteroatoms. The second-order valence-corrected chi connectivity index (χ2v) is 7.16. The average Bonchev–Trinajstić information content (AvgIpc) is 2.81. The minimum atomic E-state index is -0.727. The number of nitrogens with zero attached hydrogens (tertiary/aromatic N) is 4. The summed E-state index contributed by atoms with van der Waals surface area (Å²) in [5, 5.41) is 4.28. The lowest BCUT2D eigenvalue weighted by Crippen LogP contribution is -2.16. The SMILES string of the molecule is COCCOc1cnc(-c2cccc(Cc3nn(-c4cc(F)cc(F)c4)ccc3=O)c2)nc1. The molecule has 0 bridgehead atoms. The Morgan fingerprint density at radius 2 is 1.73 bits per heavy atom. The van der Waals surface area contributed by atoms with Gasteiger partial charge in [0, 0.05) is 37.4 Å². The lowest BCUT2D eigenvalue weighted by atomic mass is 10.1. The van der Waals surface area contributed by atoms with Gasteiger partial charge in [0.1, 0.15) is 23.9 Å². The summed E-state index contributed by atoms with van der Waals surface area (Å²) in [7, 11) is 1.59. The van der Waals surface area contributed by atoms with Gasteiger partial charge in [-0.15, -0.1) is 0 Å². The molecule has 33 heavy (non-hydrogen) atoms. The Morgan fingerprint density at radius 1 is 0.970 bits per heavy atom. The minimum Gasteiger partial charge on any atom is -0.488 e. The smallest absolute Gasteiger partial charge is 0.203 e. The molecule has 0 spiro atoms. The molecule has 0 amide bonds. The maximum Gasteiger partial charge on any atom is 0.203 e. The Morgan fingerprint density at radius 3 is 2.45 bits per heavy atom. The first-order valence-corrected chi connectivity index (χ1v) is 10.1. The highest BCUT2D eigenvalue weighted by atomic mass is 19.1. The van der Waals surface area contributed by atoms with E-state index in [-0.39, 0.29) is 23.2 Å². The van der Waals surface area contributed by atoms with Crippen LogP contribution in [0.1, 0.15) is 11.3 Å². The van der Waals surface area contributed by atoms with Gasteiger partial charge in [-0.25, -0.2) is 23.4 Å². The number of halogens is 2. The zero-order chi connectivity index (χ0) is 23.2. The van der Waals surface area contributed by atoms with Crippen molar-refractivity contribution in [1.82, 2.24) is 19.7 Å². The Kier molecular flexibility index (Phi) is 6.80. The molecule has 4 rings (SSSR count). The largest absolute Gasteiger partial charge is 0.488 e. The summed E-state index contributed by atoms with van der Waals surface area (Å²) in [6.45, 7) is 0.867. The molecule has 4 aromatic rings. The van der Waals surface area contributed by atoms with E-state index in [1.807, 2.05) is 24.3 Å². The van der Waals surface area contributed by atoms with Crippen LogP contribution in [-0.2, 0) is 11.2 Å². The summed E-state index contributed by atoms with van der Waals surface area (Å²) in [6.07, 6.45) is 4.77. The Balaban J connectivity index is 1.55. The minimum absolute atomic E-state index is 0.184. The van der Waals surface area contributed by atoms with E-state index in [4.69, 9.17) is 9.47 Å². The van der Waals surface area contributed by atoms with Gasteiger partial charge in [0.05, 0.1) is 24.7 Å². The predicted octanol–water partition coefficient (Wildman–Crippen LogP) is 3.58. The van der Waals surface area contributed by atoms with Crippen LogP contribution >= 0.6 is 0 Å². The van der Waals surface area contributed by atoms with Crippen molar-refractivity contribution >= 4 is 0 Å². The van der Waals surface area contributed by atoms with E-state index < -0.39 is 11.6 Å². The monoisotopic (exact) mass is 450 g/mol. The van der Waals surface area contributed by atoms with Gasteiger partial charge in [-0.05, 0) is 23.8 Å². The molecule has 0 unspecified atom stereocenters. The van der Waals surface area contributed by atoms with Gasteiger partial charge < -0.3 is 9.47 Å². The fourth-order valence-corrected chi connectivity index (χ4v) is 3.18. The Hall–Kier alpha value is -3.98. The van der Waals surface area contributed by atoms with Crippen molar-refractivity contribution < 1.29 is 18.3 Å². The highest BCUT2D eigenvalue weighted by molar-refractivity contribution is 5.56. The third-order valence-electron chi connectivity index (χ3n) is 4.73. The van der Waals surface area contributed by atoms with Crippen molar-refractivity contribution in [2.45, 2.75) is 6.42 Å². The first-order valence-electron chi connectivity index (χ1n) is 10.1. The normalized spacial score (nSPS) is 10.9. The van der Waals surface area contributed by atoms with Crippen molar-refractivity contribution in [3.8, 4) is 22.8 Å². The highest BCUT2D eigenvalue weighted by Crippen LogP contribution is 2.19. The van der Waals surface area contributed by atoms with E-state index >= 15 is 0 Å². The summed E-state index contributed by atoms with van der Waals surface area (Å²) in [6, 6.07) is 11.8. The van der Waals surface area contributed by atoms with Gasteiger partial charge in [0.15, 0.2) is 11.6 Å². The Labute approximate surface area is 188 Å². The number of hydrogen-bond acceptors (Lipinski definition) is 6. The summed E-state index contributed by atoms with van der Waals surface area (Å²) in [4.78, 5) is 21.0. The second-order valence-electron chi connectivity index (χ2n) is 7.16. The van der Waals surface area contributed by atoms with Gasteiger partial charge in [-0.3, -0.25) is 4.79 Å². The maximum absolute atomic E-state index is 13.6. The molecular formula is C24H20F2N4O3. The number of aromatic nitrogens is 4. The van der Waals surface area contributed by atoms with Gasteiger partial charge in [0.2, 0.25) is 5.43 Å². The highest BCUT2D eigenvalue weighted by Gasteiger charge is 2.09. The van der Waals surface area contributed by atoms with E-state index in [0.717, 1.165) is 29.3 Å². The van der Waals surface area contributed by atoms with E-state index in [1.165, 1.54) is 16.9 Å². The quantitative estimate of drug-likeness (QED) is 0.382. The first kappa shape index (κ1) is 22.2. The fourth-order valence-electron chi connectivity index (χ4n) is 3.18. The van der Waals surface area contributed by atoms with Crippen molar-refractivity contribution in [2.75, 3.05) is 20.3 Å². The van der Waals surface area contributed by atoms with Gasteiger partial charge in [-0.1, -0.05) is 18.2 Å². The number of rotatable bonds is 8. The van der Waals surface area contributed by atoms with Crippen LogP contribution in [0.2, 0.25) is 0 Å². The summed E-state index contributed by atoms with van der Waals surface area (Å²) >= 11 is 0. The van der Waals surface area contributed by atoms with E-state index in [9.17, 15) is 13.6 Å². The molecular weight excluding hydrogens is 430 g/mol. The van der Waals surface area contributed by atoms with Crippen LogP contribution in [-0.4, -0.2) is 40.1 Å². The lowest BCUT2D eigenvalue weighted by molar-refractivity contribution is 0.146. The molecule has 7 nitrogen and oxygen atoms in total. The predicted molar refractivity (Wildman–Crippen MR) is 117 cm³/mol. The van der Waals surface area contributed by atoms with Gasteiger partial charge >= 0.3 is 0 Å². The van der Waals surface area contributed by atoms with Crippen molar-refractivity contribution in [1.29, 1.82) is 0 Å². The molecule has 168 valence electrons. The number of benzene rings is 2. The molecule has 0 saturated carbocycles. The first-order chi connectivity index (χ1) is 16.0. The van der Waals surface area contributed by atoms with Crippen LogP contribution < -0.4 is 10.2 Å². The second kappa shape index (κ2) is 10.1. The number of methoxy groups -OCH3 is 1. The molecule has 2 aromatic heterocycles. The van der Waals surface area contributed by atoms with Crippen LogP contribution in [0.3, 0.4) is 0 Å². The number of ether oxygens (including phenoxy) is 2. The Bertz CT molecular complexity index is 1290. The molecule has 0 N–H and O–H groups in total. The molecule has 0 fully saturated rings. The molecule has 0 saturated heterocycles. The van der Waals surface area contributed by atoms with Gasteiger partial charge in [0.25, 0.3) is 0 Å². The zero-order valence-corrected chi connectivity index (χ0v) is 17.7. The van der Waals surface area contributed by atoms with Crippen LogP contribution in [0.5, 0.6) is 5.75 Å². The molecule has 0 atom stereocenters. The summed E-state index contributed by atoms with van der Waals surface area (Å²) in [5.41, 5.74) is 1.72. The van der Waals surface area contributed by atoms with Crippen molar-refractivity contribution in [3.63, 3.8) is 0 Å². The lowest BCUT2D eigenvalue weighted by Gasteiger charge is -2.09. The zero-order valence-electron chi connectivity index (χ0n) is 17.7. The van der Waals surface area contributed by atoms with Crippen LogP contribution in [0.25, 0.3) is 17.1 Å². The number of hydrogen-bond donors (Lipinski definition) is 0. The van der Waals surface area contributed by atoms with Crippen LogP contribution in [0.4, 0.5) is 8.78 Å². The maximum atomic E-state index is 13.6. The summed E-state index contributed by atoms with van der Waals surface area (Å²) < 4.78 is 38.9. The fraction of sp³-hybridized carbons (Fsp3) is 0.167. The molecule has 0 aliphatic rings. The van der Waals surface area contributed by atoms with Crippen molar-refractivity contribution in [3.05, 3.63) is 100 Å². The van der Waals surface area contributed by atoms with Crippen LogP contribution in [0, 0.1) is 11.6 Å². The van der Waals surface area contributed by atoms with E-state index in [2.05, 4.69) is 15.1 Å². The van der Waals surface area contributed by atoms with E-state index in [0.29, 0.717) is 24.8 Å². The summed E-state index contributed by atoms with van der Waals surface area (Å²) in [5.74, 6) is -0.413. The van der Waals surface area contributed by atoms with E-state index in [1.54, 1.807) is 19.5 Å². The standard InChI is InChI=1S/C24H20F2N4O3/c1-32-7-8-33-21-14-27-24(28-15-21)17-4-2-3-16(9-17)10-22-23(31)5-6-30(29-22)20-12-18(25)11-19(26)13-20/h2-6,9,11-15H,7-8,10H2,1H3. The third kappa shape index (κ3) is 5.64.